The molecule has 210 valence electrons. The van der Waals surface area contributed by atoms with Gasteiger partial charge in [0.05, 0.1) is 26.0 Å². The lowest BCUT2D eigenvalue weighted by atomic mass is 9.93. The van der Waals surface area contributed by atoms with Gasteiger partial charge in [-0.1, -0.05) is 35.4 Å². The van der Waals surface area contributed by atoms with Gasteiger partial charge in [-0.05, 0) is 69.7 Å². The number of aromatic nitrogens is 2. The molecule has 0 saturated carbocycles. The summed E-state index contributed by atoms with van der Waals surface area (Å²) < 4.78 is 12.9. The number of nitrogens with one attached hydrogen (secondary N) is 3. The standard InChI is InChI=1S/C32H33N5O4/c1-18-7-10-22(11-8-18)35-31(38)25-17-33-37-29(24-16-23(40-5)12-14-27(24)41-6)28(21(4)34-30(25)37)32(39)36-26-13-9-19(2)15-20(26)3/h7-17,29,34H,1-6H3,(H,35,38)(H,36,39). The molecule has 3 aromatic carbocycles. The van der Waals surface area contributed by atoms with Crippen LogP contribution >= 0.6 is 0 Å². The predicted molar refractivity (Wildman–Crippen MR) is 160 cm³/mol. The van der Waals surface area contributed by atoms with E-state index in [0.29, 0.717) is 51.1 Å². The third kappa shape index (κ3) is 5.38. The van der Waals surface area contributed by atoms with Crippen molar-refractivity contribution in [3.63, 3.8) is 0 Å². The fourth-order valence-electron chi connectivity index (χ4n) is 5.03. The van der Waals surface area contributed by atoms with Crippen LogP contribution in [0.3, 0.4) is 0 Å². The van der Waals surface area contributed by atoms with E-state index in [2.05, 4.69) is 21.0 Å². The second-order valence-electron chi connectivity index (χ2n) is 10.1. The summed E-state index contributed by atoms with van der Waals surface area (Å²) in [7, 11) is 3.15. The van der Waals surface area contributed by atoms with Crippen molar-refractivity contribution in [3.8, 4) is 11.5 Å². The van der Waals surface area contributed by atoms with Crippen LogP contribution in [0.25, 0.3) is 0 Å². The van der Waals surface area contributed by atoms with E-state index < -0.39 is 6.04 Å². The predicted octanol–water partition coefficient (Wildman–Crippen LogP) is 6.01. The van der Waals surface area contributed by atoms with Gasteiger partial charge in [0.1, 0.15) is 28.9 Å². The number of hydrogen-bond donors (Lipinski definition) is 3. The van der Waals surface area contributed by atoms with E-state index >= 15 is 0 Å². The zero-order valence-electron chi connectivity index (χ0n) is 24.0. The van der Waals surface area contributed by atoms with Crippen molar-refractivity contribution < 1.29 is 19.1 Å². The second-order valence-corrected chi connectivity index (χ2v) is 10.1. The first kappa shape index (κ1) is 27.5. The van der Waals surface area contributed by atoms with Gasteiger partial charge >= 0.3 is 0 Å². The molecule has 41 heavy (non-hydrogen) atoms. The summed E-state index contributed by atoms with van der Waals surface area (Å²) in [6, 6.07) is 18.1. The molecule has 0 spiro atoms. The molecule has 1 aliphatic heterocycles. The number of amides is 2. The minimum Gasteiger partial charge on any atom is -0.497 e. The highest BCUT2D eigenvalue weighted by atomic mass is 16.5. The summed E-state index contributed by atoms with van der Waals surface area (Å²) in [6.07, 6.45) is 1.50. The first-order valence-corrected chi connectivity index (χ1v) is 13.2. The number of benzene rings is 3. The maximum absolute atomic E-state index is 14.0. The maximum Gasteiger partial charge on any atom is 0.261 e. The molecule has 1 aromatic heterocycles. The van der Waals surface area contributed by atoms with Gasteiger partial charge in [0.15, 0.2) is 0 Å². The smallest absolute Gasteiger partial charge is 0.261 e. The number of methoxy groups -OCH3 is 2. The fourth-order valence-corrected chi connectivity index (χ4v) is 5.03. The van der Waals surface area contributed by atoms with Crippen molar-refractivity contribution in [1.82, 2.24) is 9.78 Å². The number of carbonyl (C=O) groups excluding carboxylic acids is 2. The van der Waals surface area contributed by atoms with Gasteiger partial charge in [0.25, 0.3) is 11.8 Å². The van der Waals surface area contributed by atoms with Crippen molar-refractivity contribution in [2.24, 2.45) is 0 Å². The first-order valence-electron chi connectivity index (χ1n) is 13.2. The largest absolute Gasteiger partial charge is 0.497 e. The number of ether oxygens (including phenoxy) is 2. The Bertz CT molecular complexity index is 1670. The Hall–Kier alpha value is -5.05. The van der Waals surface area contributed by atoms with Crippen molar-refractivity contribution in [2.75, 3.05) is 30.2 Å². The van der Waals surface area contributed by atoms with Crippen LogP contribution in [0.2, 0.25) is 0 Å². The van der Waals surface area contributed by atoms with Crippen LogP contribution in [0, 0.1) is 20.8 Å². The lowest BCUT2D eigenvalue weighted by Crippen LogP contribution is -2.32. The van der Waals surface area contributed by atoms with Crippen LogP contribution in [-0.2, 0) is 4.79 Å². The topological polar surface area (TPSA) is 107 Å². The Morgan fingerprint density at radius 1 is 0.854 bits per heavy atom. The average Bonchev–Trinajstić information content (AvgIpc) is 3.38. The summed E-state index contributed by atoms with van der Waals surface area (Å²) in [4.78, 5) is 27.4. The molecular weight excluding hydrogens is 518 g/mol. The van der Waals surface area contributed by atoms with Gasteiger partial charge in [-0.3, -0.25) is 9.59 Å². The van der Waals surface area contributed by atoms with E-state index in [0.717, 1.165) is 16.7 Å². The second kappa shape index (κ2) is 11.2. The van der Waals surface area contributed by atoms with E-state index in [1.54, 1.807) is 31.0 Å². The van der Waals surface area contributed by atoms with Crippen molar-refractivity contribution >= 4 is 29.0 Å². The van der Waals surface area contributed by atoms with E-state index in [1.807, 2.05) is 76.2 Å². The Balaban J connectivity index is 1.60. The number of hydrogen-bond acceptors (Lipinski definition) is 6. The highest BCUT2D eigenvalue weighted by Crippen LogP contribution is 2.42. The number of anilines is 3. The van der Waals surface area contributed by atoms with Gasteiger partial charge in [0.2, 0.25) is 0 Å². The summed E-state index contributed by atoms with van der Waals surface area (Å²) in [5.41, 5.74) is 6.54. The highest BCUT2D eigenvalue weighted by Gasteiger charge is 2.37. The summed E-state index contributed by atoms with van der Waals surface area (Å²) >= 11 is 0. The van der Waals surface area contributed by atoms with Crippen molar-refractivity contribution in [3.05, 3.63) is 106 Å². The van der Waals surface area contributed by atoms with E-state index in [4.69, 9.17) is 9.47 Å². The van der Waals surface area contributed by atoms with E-state index in [-0.39, 0.29) is 11.8 Å². The third-order valence-electron chi connectivity index (χ3n) is 7.18. The number of aryl methyl sites for hydroxylation is 3. The SMILES string of the molecule is COc1ccc(OC)c(C2C(C(=O)Nc3ccc(C)cc3C)=C(C)Nc3c(C(=O)Nc4ccc(C)cc4)cnn32)c1. The summed E-state index contributed by atoms with van der Waals surface area (Å²) in [5, 5.41) is 13.9. The molecule has 5 rings (SSSR count). The molecule has 2 heterocycles. The molecule has 1 aliphatic rings. The zero-order valence-corrected chi connectivity index (χ0v) is 24.0. The molecule has 1 atom stereocenters. The molecule has 1 unspecified atom stereocenters. The lowest BCUT2D eigenvalue weighted by molar-refractivity contribution is -0.113. The summed E-state index contributed by atoms with van der Waals surface area (Å²) in [5.74, 6) is 0.982. The molecule has 3 N–H and O–H groups in total. The van der Waals surface area contributed by atoms with E-state index in [9.17, 15) is 9.59 Å². The van der Waals surface area contributed by atoms with Crippen LogP contribution in [-0.4, -0.2) is 35.8 Å². The van der Waals surface area contributed by atoms with Crippen LogP contribution in [0.5, 0.6) is 11.5 Å². The first-order chi connectivity index (χ1) is 19.7. The quantitative estimate of drug-likeness (QED) is 0.260. The molecule has 0 fully saturated rings. The third-order valence-corrected chi connectivity index (χ3v) is 7.18. The van der Waals surface area contributed by atoms with Crippen molar-refractivity contribution in [2.45, 2.75) is 33.7 Å². The number of nitrogens with zero attached hydrogens (tertiary/aromatic N) is 2. The highest BCUT2D eigenvalue weighted by molar-refractivity contribution is 6.09. The van der Waals surface area contributed by atoms with Crippen LogP contribution < -0.4 is 25.4 Å². The minimum absolute atomic E-state index is 0.302. The molecule has 0 aliphatic carbocycles. The number of carbonyl (C=O) groups is 2. The molecule has 2 amide bonds. The Morgan fingerprint density at radius 3 is 2.27 bits per heavy atom. The van der Waals surface area contributed by atoms with Gasteiger partial charge in [0, 0.05) is 22.6 Å². The lowest BCUT2D eigenvalue weighted by Gasteiger charge is -2.31. The number of fused-ring (bicyclic) bond motifs is 1. The van der Waals surface area contributed by atoms with Crippen molar-refractivity contribution in [1.29, 1.82) is 0 Å². The molecular formula is C32H33N5O4. The summed E-state index contributed by atoms with van der Waals surface area (Å²) in [6.45, 7) is 7.76. The Kier molecular flexibility index (Phi) is 7.52. The normalized spacial score (nSPS) is 14.1. The molecule has 9 nitrogen and oxygen atoms in total. The molecule has 9 heteroatoms. The van der Waals surface area contributed by atoms with Crippen LogP contribution in [0.4, 0.5) is 17.2 Å². The Labute approximate surface area is 239 Å². The maximum atomic E-state index is 14.0. The van der Waals surface area contributed by atoms with Gasteiger partial charge in [-0.2, -0.15) is 5.10 Å². The number of rotatable bonds is 7. The molecule has 0 bridgehead atoms. The van der Waals surface area contributed by atoms with Gasteiger partial charge in [-0.15, -0.1) is 0 Å². The monoisotopic (exact) mass is 551 g/mol. The number of allylic oxidation sites excluding steroid dienone is 1. The molecule has 4 aromatic rings. The molecule has 0 saturated heterocycles. The van der Waals surface area contributed by atoms with Crippen LogP contribution in [0.15, 0.2) is 78.1 Å². The minimum atomic E-state index is -0.719. The fraction of sp³-hybridized carbons (Fsp3) is 0.219. The van der Waals surface area contributed by atoms with Gasteiger partial charge in [-0.25, -0.2) is 4.68 Å². The van der Waals surface area contributed by atoms with Gasteiger partial charge < -0.3 is 25.4 Å². The zero-order chi connectivity index (χ0) is 29.3. The Morgan fingerprint density at radius 2 is 1.59 bits per heavy atom. The molecule has 0 radical (unpaired) electrons. The van der Waals surface area contributed by atoms with E-state index in [1.165, 1.54) is 6.20 Å². The van der Waals surface area contributed by atoms with Crippen LogP contribution in [0.1, 0.15) is 45.6 Å². The average molecular weight is 552 g/mol.